The second kappa shape index (κ2) is 8.74. The van der Waals surface area contributed by atoms with E-state index in [0.29, 0.717) is 24.7 Å². The van der Waals surface area contributed by atoms with Crippen LogP contribution >= 0.6 is 0 Å². The zero-order valence-electron chi connectivity index (χ0n) is 16.9. The minimum Gasteiger partial charge on any atom is -0.379 e. The normalized spacial score (nSPS) is 17.4. The van der Waals surface area contributed by atoms with E-state index in [2.05, 4.69) is 30.4 Å². The van der Waals surface area contributed by atoms with E-state index in [4.69, 9.17) is 4.74 Å². The monoisotopic (exact) mass is 402 g/mol. The molecule has 1 N–H and O–H groups in total. The van der Waals surface area contributed by atoms with Gasteiger partial charge in [-0.15, -0.1) is 0 Å². The maximum Gasteiger partial charge on any atom is 0.241 e. The molecule has 1 heterocycles. The molecule has 3 rings (SSSR count). The van der Waals surface area contributed by atoms with Crippen molar-refractivity contribution >= 4 is 10.0 Å². The zero-order chi connectivity index (χ0) is 20.2. The van der Waals surface area contributed by atoms with Crippen molar-refractivity contribution in [1.82, 2.24) is 9.62 Å². The standard InChI is InChI=1S/C22H30N2O3S/c1-22(2,3)19-9-11-20(12-10-19)28(25,26)23-21(18-7-5-4-6-8-18)17-24-13-15-27-16-14-24/h4-12,21,23H,13-17H2,1-3H3/t21-/m1/s1. The summed E-state index contributed by atoms with van der Waals surface area (Å²) in [6.07, 6.45) is 0. The molecule has 0 aromatic heterocycles. The largest absolute Gasteiger partial charge is 0.379 e. The lowest BCUT2D eigenvalue weighted by atomic mass is 9.87. The summed E-state index contributed by atoms with van der Waals surface area (Å²) in [5, 5.41) is 0. The summed E-state index contributed by atoms with van der Waals surface area (Å²) in [5.41, 5.74) is 2.06. The topological polar surface area (TPSA) is 58.6 Å². The maximum atomic E-state index is 13.1. The minimum atomic E-state index is -3.63. The molecule has 6 heteroatoms. The second-order valence-corrected chi connectivity index (χ2v) is 9.99. The minimum absolute atomic E-state index is 0.0153. The van der Waals surface area contributed by atoms with Crippen molar-refractivity contribution in [2.45, 2.75) is 37.1 Å². The summed E-state index contributed by atoms with van der Waals surface area (Å²) in [6, 6.07) is 16.6. The zero-order valence-corrected chi connectivity index (χ0v) is 17.7. The van der Waals surface area contributed by atoms with Crippen molar-refractivity contribution in [2.75, 3.05) is 32.8 Å². The molecule has 28 heavy (non-hydrogen) atoms. The molecule has 1 aliphatic rings. The van der Waals surface area contributed by atoms with Gasteiger partial charge in [0.25, 0.3) is 0 Å². The molecule has 0 bridgehead atoms. The molecular weight excluding hydrogens is 372 g/mol. The van der Waals surface area contributed by atoms with Crippen LogP contribution in [-0.2, 0) is 20.2 Å². The number of hydrogen-bond donors (Lipinski definition) is 1. The van der Waals surface area contributed by atoms with E-state index < -0.39 is 10.0 Å². The van der Waals surface area contributed by atoms with Crippen molar-refractivity contribution in [3.63, 3.8) is 0 Å². The highest BCUT2D eigenvalue weighted by Gasteiger charge is 2.25. The van der Waals surface area contributed by atoms with Crippen molar-refractivity contribution < 1.29 is 13.2 Å². The van der Waals surface area contributed by atoms with Crippen LogP contribution in [0.4, 0.5) is 0 Å². The van der Waals surface area contributed by atoms with Crippen molar-refractivity contribution in [3.05, 3.63) is 65.7 Å². The molecule has 1 fully saturated rings. The van der Waals surface area contributed by atoms with Gasteiger partial charge in [-0.3, -0.25) is 4.90 Å². The number of nitrogens with one attached hydrogen (secondary N) is 1. The van der Waals surface area contributed by atoms with Crippen LogP contribution in [-0.4, -0.2) is 46.2 Å². The third-order valence-corrected chi connectivity index (χ3v) is 6.56. The smallest absolute Gasteiger partial charge is 0.241 e. The number of rotatable bonds is 6. The second-order valence-electron chi connectivity index (χ2n) is 8.27. The molecule has 152 valence electrons. The van der Waals surface area contributed by atoms with Crippen LogP contribution < -0.4 is 4.72 Å². The van der Waals surface area contributed by atoms with Gasteiger partial charge in [-0.2, -0.15) is 0 Å². The third-order valence-electron chi connectivity index (χ3n) is 5.07. The van der Waals surface area contributed by atoms with E-state index in [1.54, 1.807) is 12.1 Å². The lowest BCUT2D eigenvalue weighted by Crippen LogP contribution is -2.43. The fraction of sp³-hybridized carbons (Fsp3) is 0.455. The number of hydrogen-bond acceptors (Lipinski definition) is 4. The lowest BCUT2D eigenvalue weighted by molar-refractivity contribution is 0.0345. The Balaban J connectivity index is 1.82. The highest BCUT2D eigenvalue weighted by atomic mass is 32.2. The number of morpholine rings is 1. The van der Waals surface area contributed by atoms with Gasteiger partial charge in [-0.05, 0) is 28.7 Å². The molecule has 1 atom stereocenters. The Hall–Kier alpha value is -1.73. The van der Waals surface area contributed by atoms with Gasteiger partial charge in [0, 0.05) is 19.6 Å². The molecule has 5 nitrogen and oxygen atoms in total. The van der Waals surface area contributed by atoms with Gasteiger partial charge < -0.3 is 4.74 Å². The first-order valence-electron chi connectivity index (χ1n) is 9.74. The van der Waals surface area contributed by atoms with Gasteiger partial charge >= 0.3 is 0 Å². The van der Waals surface area contributed by atoms with E-state index in [-0.39, 0.29) is 11.5 Å². The Morgan fingerprint density at radius 3 is 2.18 bits per heavy atom. The highest BCUT2D eigenvalue weighted by molar-refractivity contribution is 7.89. The van der Waals surface area contributed by atoms with Gasteiger partial charge in [0.15, 0.2) is 0 Å². The molecule has 0 radical (unpaired) electrons. The molecule has 0 unspecified atom stereocenters. The van der Waals surface area contributed by atoms with E-state index in [1.165, 1.54) is 0 Å². The van der Waals surface area contributed by atoms with Crippen molar-refractivity contribution in [1.29, 1.82) is 0 Å². The molecule has 2 aromatic carbocycles. The van der Waals surface area contributed by atoms with E-state index in [1.807, 2.05) is 42.5 Å². The average molecular weight is 403 g/mol. The summed E-state index contributed by atoms with van der Waals surface area (Å²) >= 11 is 0. The maximum absolute atomic E-state index is 13.1. The van der Waals surface area contributed by atoms with Crippen LogP contribution in [0.5, 0.6) is 0 Å². The molecule has 0 amide bonds. The van der Waals surface area contributed by atoms with E-state index in [9.17, 15) is 8.42 Å². The molecule has 2 aromatic rings. The first kappa shape index (κ1) is 21.0. The Bertz CT molecular complexity index is 853. The molecule has 0 spiro atoms. The Labute approximate surface area is 168 Å². The van der Waals surface area contributed by atoms with Crippen LogP contribution in [0, 0.1) is 0 Å². The Morgan fingerprint density at radius 2 is 1.61 bits per heavy atom. The molecular formula is C22H30N2O3S. The summed E-state index contributed by atoms with van der Waals surface area (Å²) < 4.78 is 34.5. The predicted molar refractivity (Wildman–Crippen MR) is 112 cm³/mol. The predicted octanol–water partition coefficient (Wildman–Crippen LogP) is 3.34. The van der Waals surface area contributed by atoms with Crippen molar-refractivity contribution in [3.8, 4) is 0 Å². The first-order chi connectivity index (χ1) is 13.3. The summed E-state index contributed by atoms with van der Waals surface area (Å²) in [7, 11) is -3.63. The summed E-state index contributed by atoms with van der Waals surface area (Å²) in [6.45, 7) is 9.95. The van der Waals surface area contributed by atoms with Gasteiger partial charge in [0.05, 0.1) is 24.2 Å². The first-order valence-corrected chi connectivity index (χ1v) is 11.2. The van der Waals surface area contributed by atoms with E-state index >= 15 is 0 Å². The number of benzene rings is 2. The lowest BCUT2D eigenvalue weighted by Gasteiger charge is -2.31. The van der Waals surface area contributed by atoms with Crippen molar-refractivity contribution in [2.24, 2.45) is 0 Å². The average Bonchev–Trinajstić information content (AvgIpc) is 2.68. The van der Waals surface area contributed by atoms with Gasteiger partial charge in [0.1, 0.15) is 0 Å². The van der Waals surface area contributed by atoms with Gasteiger partial charge in [0.2, 0.25) is 10.0 Å². The van der Waals surface area contributed by atoms with Gasteiger partial charge in [-0.1, -0.05) is 63.2 Å². The van der Waals surface area contributed by atoms with Gasteiger partial charge in [-0.25, -0.2) is 13.1 Å². The Morgan fingerprint density at radius 1 is 1.00 bits per heavy atom. The fourth-order valence-corrected chi connectivity index (χ4v) is 4.54. The quantitative estimate of drug-likeness (QED) is 0.805. The number of nitrogens with zero attached hydrogens (tertiary/aromatic N) is 1. The molecule has 0 saturated carbocycles. The summed E-state index contributed by atoms with van der Waals surface area (Å²) in [4.78, 5) is 2.54. The van der Waals surface area contributed by atoms with Crippen LogP contribution in [0.1, 0.15) is 37.9 Å². The number of sulfonamides is 1. The van der Waals surface area contributed by atoms with Crippen LogP contribution in [0.15, 0.2) is 59.5 Å². The fourth-order valence-electron chi connectivity index (χ4n) is 3.33. The highest BCUT2D eigenvalue weighted by Crippen LogP contribution is 2.24. The Kier molecular flexibility index (Phi) is 6.55. The summed E-state index contributed by atoms with van der Waals surface area (Å²) in [5.74, 6) is 0. The number of ether oxygens (including phenoxy) is 1. The van der Waals surface area contributed by atoms with Crippen LogP contribution in [0.3, 0.4) is 0 Å². The van der Waals surface area contributed by atoms with Crippen LogP contribution in [0.2, 0.25) is 0 Å². The SMILES string of the molecule is CC(C)(C)c1ccc(S(=O)(=O)N[C@H](CN2CCOCC2)c2ccccc2)cc1. The van der Waals surface area contributed by atoms with E-state index in [0.717, 1.165) is 24.2 Å². The molecule has 1 saturated heterocycles. The molecule has 0 aliphatic carbocycles. The van der Waals surface area contributed by atoms with Crippen LogP contribution in [0.25, 0.3) is 0 Å². The molecule has 1 aliphatic heterocycles. The third kappa shape index (κ3) is 5.41.